The van der Waals surface area contributed by atoms with Crippen molar-refractivity contribution in [3.63, 3.8) is 0 Å². The van der Waals surface area contributed by atoms with Crippen molar-refractivity contribution < 1.29 is 14.3 Å². The first kappa shape index (κ1) is 30.3. The van der Waals surface area contributed by atoms with Crippen LogP contribution in [0.4, 0.5) is 10.8 Å². The van der Waals surface area contributed by atoms with Gasteiger partial charge in [-0.25, -0.2) is 10.4 Å². The van der Waals surface area contributed by atoms with E-state index in [0.29, 0.717) is 40.9 Å². The van der Waals surface area contributed by atoms with E-state index >= 15 is 0 Å². The van der Waals surface area contributed by atoms with Gasteiger partial charge in [0.1, 0.15) is 6.61 Å². The maximum atomic E-state index is 12.8. The average molecular weight is 676 g/mol. The van der Waals surface area contributed by atoms with Crippen LogP contribution < -0.4 is 20.2 Å². The molecule has 0 spiro atoms. The molecule has 0 fully saturated rings. The molecule has 218 valence electrons. The lowest BCUT2D eigenvalue weighted by molar-refractivity contribution is 0.0955. The third-order valence-corrected chi connectivity index (χ3v) is 8.14. The van der Waals surface area contributed by atoms with Gasteiger partial charge in [-0.3, -0.25) is 4.79 Å². The molecule has 0 aliphatic carbocycles. The minimum Gasteiger partial charge on any atom is -0.490 e. The molecule has 0 aliphatic rings. The molecule has 0 unspecified atom stereocenters. The number of hydrazone groups is 1. The largest absolute Gasteiger partial charge is 0.490 e. The molecule has 7 nitrogen and oxygen atoms in total. The minimum atomic E-state index is -0.330. The van der Waals surface area contributed by atoms with Crippen LogP contribution in [0.1, 0.15) is 34.0 Å². The molecule has 5 rings (SSSR count). The lowest BCUT2D eigenvalue weighted by Gasteiger charge is -2.14. The number of halogens is 2. The summed E-state index contributed by atoms with van der Waals surface area (Å²) in [5.74, 6) is 0.789. The summed E-state index contributed by atoms with van der Waals surface area (Å²) in [7, 11) is 0. The van der Waals surface area contributed by atoms with E-state index < -0.39 is 0 Å². The fraction of sp³-hybridized carbons (Fsp3) is 0.121. The Bertz CT molecular complexity index is 1740. The first-order chi connectivity index (χ1) is 20.9. The van der Waals surface area contributed by atoms with E-state index in [1.54, 1.807) is 24.4 Å². The normalized spacial score (nSPS) is 11.0. The lowest BCUT2D eigenvalue weighted by Crippen LogP contribution is -2.17. The molecule has 43 heavy (non-hydrogen) atoms. The van der Waals surface area contributed by atoms with Crippen molar-refractivity contribution in [2.75, 3.05) is 11.9 Å². The molecule has 5 aromatic rings. The van der Waals surface area contributed by atoms with Gasteiger partial charge in [-0.1, -0.05) is 59.6 Å². The van der Waals surface area contributed by atoms with Crippen molar-refractivity contribution in [3.8, 4) is 22.8 Å². The maximum Gasteiger partial charge on any atom is 0.271 e. The van der Waals surface area contributed by atoms with E-state index in [0.717, 1.165) is 32.1 Å². The number of hydrogen-bond donors (Lipinski definition) is 2. The molecule has 10 heteroatoms. The van der Waals surface area contributed by atoms with Crippen LogP contribution in [0.15, 0.2) is 99.9 Å². The first-order valence-corrected chi connectivity index (χ1v) is 15.5. The van der Waals surface area contributed by atoms with Crippen LogP contribution in [-0.4, -0.2) is 23.7 Å². The Morgan fingerprint density at radius 1 is 1.02 bits per heavy atom. The number of aromatic nitrogens is 1. The lowest BCUT2D eigenvalue weighted by atomic mass is 10.1. The van der Waals surface area contributed by atoms with E-state index in [2.05, 4.69) is 55.8 Å². The van der Waals surface area contributed by atoms with Crippen molar-refractivity contribution >= 4 is 61.8 Å². The Labute approximate surface area is 267 Å². The Kier molecular flexibility index (Phi) is 10.1. The van der Waals surface area contributed by atoms with Crippen LogP contribution in [0.3, 0.4) is 0 Å². The molecular weight excluding hydrogens is 648 g/mol. The predicted octanol–water partition coefficient (Wildman–Crippen LogP) is 9.02. The molecule has 4 aromatic carbocycles. The van der Waals surface area contributed by atoms with Crippen LogP contribution in [0.2, 0.25) is 5.02 Å². The third kappa shape index (κ3) is 8.01. The monoisotopic (exact) mass is 674 g/mol. The second kappa shape index (κ2) is 14.3. The number of nitrogens with one attached hydrogen (secondary N) is 2. The summed E-state index contributed by atoms with van der Waals surface area (Å²) < 4.78 is 12.5. The number of rotatable bonds is 11. The summed E-state index contributed by atoms with van der Waals surface area (Å²) in [5, 5.41) is 10.9. The number of thiazole rings is 1. The number of hydrogen-bond acceptors (Lipinski definition) is 7. The van der Waals surface area contributed by atoms with Gasteiger partial charge >= 0.3 is 0 Å². The number of anilines is 2. The highest BCUT2D eigenvalue weighted by molar-refractivity contribution is 9.10. The Balaban J connectivity index is 1.20. The molecule has 0 bridgehead atoms. The maximum absolute atomic E-state index is 12.8. The molecular formula is C33H28BrClN4O3S. The molecule has 1 amide bonds. The van der Waals surface area contributed by atoms with Gasteiger partial charge in [-0.2, -0.15) is 5.10 Å². The Morgan fingerprint density at radius 3 is 2.51 bits per heavy atom. The first-order valence-electron chi connectivity index (χ1n) is 13.4. The number of ether oxygens (including phenoxy) is 2. The van der Waals surface area contributed by atoms with Crippen molar-refractivity contribution in [3.05, 3.63) is 122 Å². The quantitative estimate of drug-likeness (QED) is 0.108. The van der Waals surface area contributed by atoms with Crippen LogP contribution >= 0.6 is 38.9 Å². The van der Waals surface area contributed by atoms with Gasteiger partial charge in [0, 0.05) is 42.8 Å². The standard InChI is InChI=1S/C33H28BrClN4O3S/c1-3-41-30-16-25(27(34)17-31(30)42-19-24-6-4-5-7-28(24)35)18-36-39-32(40)23-12-10-22(11-13-23)29-20-43-33(38-29)37-26-14-8-21(2)9-15-26/h4-18,20H,3,19H2,1-2H3,(H,37,38)(H,39,40)/b36-18-. The number of aryl methyl sites for hydroxylation is 1. The van der Waals surface area contributed by atoms with Gasteiger partial charge in [-0.15, -0.1) is 11.3 Å². The van der Waals surface area contributed by atoms with Gasteiger partial charge in [0.2, 0.25) is 0 Å². The zero-order valence-electron chi connectivity index (χ0n) is 23.4. The van der Waals surface area contributed by atoms with Crippen LogP contribution in [0.5, 0.6) is 11.5 Å². The molecule has 0 atom stereocenters. The van der Waals surface area contributed by atoms with E-state index in [1.165, 1.54) is 16.9 Å². The van der Waals surface area contributed by atoms with Crippen LogP contribution in [-0.2, 0) is 6.61 Å². The summed E-state index contributed by atoms with van der Waals surface area (Å²) in [5.41, 5.74) is 8.58. The number of benzene rings is 4. The predicted molar refractivity (Wildman–Crippen MR) is 178 cm³/mol. The minimum absolute atomic E-state index is 0.294. The summed E-state index contributed by atoms with van der Waals surface area (Å²) in [6.07, 6.45) is 1.55. The molecule has 0 saturated carbocycles. The van der Waals surface area contributed by atoms with Gasteiger partial charge in [0.05, 0.1) is 18.5 Å². The van der Waals surface area contributed by atoms with Crippen molar-refractivity contribution in [1.82, 2.24) is 10.4 Å². The zero-order valence-corrected chi connectivity index (χ0v) is 26.6. The fourth-order valence-electron chi connectivity index (χ4n) is 4.04. The summed E-state index contributed by atoms with van der Waals surface area (Å²) in [6, 6.07) is 26.5. The average Bonchev–Trinajstić information content (AvgIpc) is 3.48. The molecule has 1 aromatic heterocycles. The highest BCUT2D eigenvalue weighted by atomic mass is 79.9. The highest BCUT2D eigenvalue weighted by Crippen LogP contribution is 2.34. The van der Waals surface area contributed by atoms with Gasteiger partial charge in [0.15, 0.2) is 16.6 Å². The molecule has 0 saturated heterocycles. The Hall–Kier alpha value is -4.18. The van der Waals surface area contributed by atoms with Gasteiger partial charge in [-0.05, 0) is 72.2 Å². The highest BCUT2D eigenvalue weighted by Gasteiger charge is 2.12. The zero-order chi connectivity index (χ0) is 30.2. The van der Waals surface area contributed by atoms with Crippen molar-refractivity contribution in [2.24, 2.45) is 5.10 Å². The van der Waals surface area contributed by atoms with E-state index in [1.807, 2.05) is 66.9 Å². The molecule has 1 heterocycles. The fourth-order valence-corrected chi connectivity index (χ4v) is 5.40. The SMILES string of the molecule is CCOc1cc(/C=N\NC(=O)c2ccc(-c3csc(Nc4ccc(C)cc4)n3)cc2)c(Br)cc1OCc1ccccc1Cl. The van der Waals surface area contributed by atoms with Crippen molar-refractivity contribution in [2.45, 2.75) is 20.5 Å². The van der Waals surface area contributed by atoms with Crippen molar-refractivity contribution in [1.29, 1.82) is 0 Å². The topological polar surface area (TPSA) is 84.8 Å². The number of amides is 1. The second-order valence-electron chi connectivity index (χ2n) is 9.44. The van der Waals surface area contributed by atoms with Gasteiger partial charge in [0.25, 0.3) is 5.91 Å². The van der Waals surface area contributed by atoms with E-state index in [9.17, 15) is 4.79 Å². The molecule has 2 N–H and O–H groups in total. The summed E-state index contributed by atoms with van der Waals surface area (Å²) in [4.78, 5) is 17.4. The van der Waals surface area contributed by atoms with E-state index in [4.69, 9.17) is 21.1 Å². The van der Waals surface area contributed by atoms with Crippen LogP contribution in [0.25, 0.3) is 11.3 Å². The third-order valence-electron chi connectivity index (χ3n) is 6.32. The summed E-state index contributed by atoms with van der Waals surface area (Å²) >= 11 is 11.4. The number of carbonyl (C=O) groups is 1. The molecule has 0 radical (unpaired) electrons. The number of carbonyl (C=O) groups excluding carboxylic acids is 1. The van der Waals surface area contributed by atoms with Gasteiger partial charge < -0.3 is 14.8 Å². The second-order valence-corrected chi connectivity index (χ2v) is 11.6. The Morgan fingerprint density at radius 2 is 1.77 bits per heavy atom. The van der Waals surface area contributed by atoms with Crippen LogP contribution in [0, 0.1) is 6.92 Å². The smallest absolute Gasteiger partial charge is 0.271 e. The number of nitrogens with zero attached hydrogens (tertiary/aromatic N) is 2. The summed E-state index contributed by atoms with van der Waals surface area (Å²) in [6.45, 7) is 4.70. The molecule has 0 aliphatic heterocycles. The van der Waals surface area contributed by atoms with E-state index in [-0.39, 0.29) is 5.91 Å².